The number of benzene rings is 1. The molecule has 0 fully saturated rings. The maximum Gasteiger partial charge on any atom is 0.102 e. The predicted octanol–water partition coefficient (Wildman–Crippen LogP) is 3.68. The predicted molar refractivity (Wildman–Crippen MR) is 79.1 cm³/mol. The molecular weight excluding hydrogens is 254 g/mol. The third-order valence-electron chi connectivity index (χ3n) is 2.67. The Kier molecular flexibility index (Phi) is 4.82. The van der Waals surface area contributed by atoms with Crippen LogP contribution in [0, 0.1) is 11.3 Å². The van der Waals surface area contributed by atoms with Crippen LogP contribution in [0.25, 0.3) is 0 Å². The first kappa shape index (κ1) is 13.4. The monoisotopic (exact) mass is 269 g/mol. The molecule has 3 nitrogen and oxygen atoms in total. The number of aromatic nitrogens is 1. The van der Waals surface area contributed by atoms with Crippen LogP contribution in [0.5, 0.6) is 0 Å². The molecule has 19 heavy (non-hydrogen) atoms. The molecule has 0 aliphatic heterocycles. The van der Waals surface area contributed by atoms with E-state index in [0.29, 0.717) is 6.54 Å². The molecule has 1 aromatic heterocycles. The molecule has 2 rings (SSSR count). The Labute approximate surface area is 117 Å². The molecule has 1 heterocycles. The highest BCUT2D eigenvalue weighted by molar-refractivity contribution is 7.99. The van der Waals surface area contributed by atoms with Crippen LogP contribution in [0.4, 0.5) is 5.69 Å². The Morgan fingerprint density at radius 3 is 2.74 bits per heavy atom. The first-order valence-electron chi connectivity index (χ1n) is 6.14. The normalized spacial score (nSPS) is 9.89. The van der Waals surface area contributed by atoms with Crippen LogP contribution in [-0.4, -0.2) is 10.7 Å². The number of nitriles is 1. The lowest BCUT2D eigenvalue weighted by atomic mass is 10.2. The summed E-state index contributed by atoms with van der Waals surface area (Å²) in [5, 5.41) is 12.6. The van der Waals surface area contributed by atoms with Crippen LogP contribution in [-0.2, 0) is 6.54 Å². The Bertz CT molecular complexity index is 576. The molecule has 1 aromatic carbocycles. The van der Waals surface area contributed by atoms with Gasteiger partial charge in [-0.05, 0) is 35.6 Å². The van der Waals surface area contributed by atoms with Crippen molar-refractivity contribution >= 4 is 17.4 Å². The van der Waals surface area contributed by atoms with E-state index in [-0.39, 0.29) is 0 Å². The average Bonchev–Trinajstić information content (AvgIpc) is 2.46. The van der Waals surface area contributed by atoms with Crippen LogP contribution < -0.4 is 5.32 Å². The lowest BCUT2D eigenvalue weighted by Crippen LogP contribution is -2.02. The fourth-order valence-electron chi connectivity index (χ4n) is 1.77. The van der Waals surface area contributed by atoms with Gasteiger partial charge in [-0.2, -0.15) is 5.26 Å². The Morgan fingerprint density at radius 1 is 1.26 bits per heavy atom. The fourth-order valence-corrected chi connectivity index (χ4v) is 2.55. The second kappa shape index (κ2) is 6.81. The number of nitrogens with zero attached hydrogens (tertiary/aromatic N) is 2. The molecule has 0 atom stereocenters. The van der Waals surface area contributed by atoms with E-state index in [2.05, 4.69) is 23.3 Å². The highest BCUT2D eigenvalue weighted by atomic mass is 32.2. The summed E-state index contributed by atoms with van der Waals surface area (Å²) < 4.78 is 0. The molecule has 2 aromatic rings. The van der Waals surface area contributed by atoms with Gasteiger partial charge in [-0.1, -0.05) is 13.0 Å². The van der Waals surface area contributed by atoms with E-state index in [9.17, 15) is 5.26 Å². The molecule has 1 N–H and O–H groups in total. The molecule has 0 amide bonds. The van der Waals surface area contributed by atoms with Gasteiger partial charge in [0.1, 0.15) is 6.07 Å². The van der Waals surface area contributed by atoms with Crippen molar-refractivity contribution in [3.8, 4) is 6.07 Å². The number of rotatable bonds is 5. The molecular formula is C15H15N3S. The van der Waals surface area contributed by atoms with Gasteiger partial charge in [0.15, 0.2) is 0 Å². The molecule has 0 saturated carbocycles. The number of pyridine rings is 1. The first-order chi connectivity index (χ1) is 9.35. The minimum atomic E-state index is 0.692. The molecule has 0 bridgehead atoms. The number of hydrogen-bond donors (Lipinski definition) is 1. The Balaban J connectivity index is 2.16. The van der Waals surface area contributed by atoms with Gasteiger partial charge >= 0.3 is 0 Å². The molecule has 0 unspecified atom stereocenters. The fraction of sp³-hybridized carbons (Fsp3) is 0.200. The lowest BCUT2D eigenvalue weighted by molar-refractivity contribution is 1.12. The topological polar surface area (TPSA) is 48.7 Å². The van der Waals surface area contributed by atoms with Crippen LogP contribution in [0.1, 0.15) is 18.1 Å². The van der Waals surface area contributed by atoms with Crippen molar-refractivity contribution in [3.63, 3.8) is 0 Å². The minimum absolute atomic E-state index is 0.692. The van der Waals surface area contributed by atoms with E-state index in [0.717, 1.165) is 27.5 Å². The molecule has 0 aliphatic carbocycles. The molecule has 0 radical (unpaired) electrons. The highest BCUT2D eigenvalue weighted by Gasteiger charge is 2.07. The summed E-state index contributed by atoms with van der Waals surface area (Å²) in [7, 11) is 0. The van der Waals surface area contributed by atoms with Crippen molar-refractivity contribution in [3.05, 3.63) is 53.9 Å². The van der Waals surface area contributed by atoms with E-state index < -0.39 is 0 Å². The number of thioether (sulfide) groups is 1. The zero-order valence-electron chi connectivity index (χ0n) is 10.8. The van der Waals surface area contributed by atoms with E-state index in [1.807, 2.05) is 30.3 Å². The van der Waals surface area contributed by atoms with Gasteiger partial charge in [-0.25, -0.2) is 0 Å². The quantitative estimate of drug-likeness (QED) is 0.841. The minimum Gasteiger partial charge on any atom is -0.380 e. The van der Waals surface area contributed by atoms with Gasteiger partial charge in [0, 0.05) is 23.8 Å². The van der Waals surface area contributed by atoms with E-state index in [1.165, 1.54) is 0 Å². The van der Waals surface area contributed by atoms with Crippen LogP contribution in [0.15, 0.2) is 47.6 Å². The van der Waals surface area contributed by atoms with Crippen LogP contribution in [0.2, 0.25) is 0 Å². The molecule has 4 heteroatoms. The van der Waals surface area contributed by atoms with Crippen molar-refractivity contribution in [2.45, 2.75) is 18.4 Å². The second-order valence-electron chi connectivity index (χ2n) is 3.93. The summed E-state index contributed by atoms with van der Waals surface area (Å²) in [6.45, 7) is 2.78. The smallest absolute Gasteiger partial charge is 0.102 e. The summed E-state index contributed by atoms with van der Waals surface area (Å²) >= 11 is 1.69. The largest absolute Gasteiger partial charge is 0.380 e. The van der Waals surface area contributed by atoms with Gasteiger partial charge < -0.3 is 5.32 Å². The summed E-state index contributed by atoms with van der Waals surface area (Å²) in [6.07, 6.45) is 3.54. The van der Waals surface area contributed by atoms with Gasteiger partial charge in [0.05, 0.1) is 11.3 Å². The molecule has 0 aliphatic rings. The van der Waals surface area contributed by atoms with Crippen molar-refractivity contribution < 1.29 is 0 Å². The van der Waals surface area contributed by atoms with Crippen molar-refractivity contribution in [2.75, 3.05) is 11.1 Å². The molecule has 0 saturated heterocycles. The third kappa shape index (κ3) is 3.49. The third-order valence-corrected chi connectivity index (χ3v) is 3.61. The highest BCUT2D eigenvalue weighted by Crippen LogP contribution is 2.28. The van der Waals surface area contributed by atoms with Crippen molar-refractivity contribution in [1.82, 2.24) is 4.98 Å². The van der Waals surface area contributed by atoms with Crippen molar-refractivity contribution in [2.24, 2.45) is 0 Å². The lowest BCUT2D eigenvalue weighted by Gasteiger charge is -2.11. The Morgan fingerprint density at radius 2 is 2.05 bits per heavy atom. The van der Waals surface area contributed by atoms with E-state index in [1.54, 1.807) is 24.2 Å². The summed E-state index contributed by atoms with van der Waals surface area (Å²) in [5.74, 6) is 0.961. The van der Waals surface area contributed by atoms with E-state index >= 15 is 0 Å². The number of anilines is 1. The summed E-state index contributed by atoms with van der Waals surface area (Å²) in [4.78, 5) is 5.02. The van der Waals surface area contributed by atoms with Gasteiger partial charge in [-0.15, -0.1) is 11.8 Å². The maximum absolute atomic E-state index is 9.31. The number of hydrogen-bond acceptors (Lipinski definition) is 4. The summed E-state index contributed by atoms with van der Waals surface area (Å²) in [5.41, 5.74) is 2.76. The molecule has 96 valence electrons. The van der Waals surface area contributed by atoms with Gasteiger partial charge in [-0.3, -0.25) is 4.98 Å². The van der Waals surface area contributed by atoms with Crippen LogP contribution in [0.3, 0.4) is 0 Å². The zero-order valence-corrected chi connectivity index (χ0v) is 11.6. The standard InChI is InChI=1S/C15H15N3S/c1-2-19-15-5-3-4-14(13(15)10-16)18-11-12-6-8-17-9-7-12/h3-9,18H,2,11H2,1H3. The van der Waals surface area contributed by atoms with Gasteiger partial charge in [0.25, 0.3) is 0 Å². The average molecular weight is 269 g/mol. The Hall–Kier alpha value is -1.99. The van der Waals surface area contributed by atoms with E-state index in [4.69, 9.17) is 0 Å². The van der Waals surface area contributed by atoms with Crippen molar-refractivity contribution in [1.29, 1.82) is 5.26 Å². The van der Waals surface area contributed by atoms with Crippen LogP contribution >= 0.6 is 11.8 Å². The second-order valence-corrected chi connectivity index (χ2v) is 5.24. The first-order valence-corrected chi connectivity index (χ1v) is 7.12. The number of nitrogens with one attached hydrogen (secondary N) is 1. The SMILES string of the molecule is CCSc1cccc(NCc2ccncc2)c1C#N. The summed E-state index contributed by atoms with van der Waals surface area (Å²) in [6, 6.07) is 12.1. The maximum atomic E-state index is 9.31. The molecule has 0 spiro atoms. The van der Waals surface area contributed by atoms with Gasteiger partial charge in [0.2, 0.25) is 0 Å². The zero-order chi connectivity index (χ0) is 13.5.